The molecule has 0 spiro atoms. The van der Waals surface area contributed by atoms with E-state index in [1.165, 1.54) is 29.7 Å². The fraction of sp³-hybridized carbons (Fsp3) is 0.0909. The van der Waals surface area contributed by atoms with E-state index in [9.17, 15) is 9.18 Å². The van der Waals surface area contributed by atoms with Gasteiger partial charge >= 0.3 is 0 Å². The standard InChI is InChI=1S/C22H17FN2O2S/c1-14-20(12-15-6-8-18(23)9-7-15)28-22(24-14)25-21(26)17-10-11-27-19-5-3-2-4-16(19)13-17/h2-11,13H,12H2,1H3,(H,24,25,26). The SMILES string of the molecule is Cc1nc(NC(=O)C2=Cc3ccccc3OC=C2)sc1Cc1ccc(F)cc1. The molecular formula is C22H17FN2O2S. The first-order chi connectivity index (χ1) is 13.6. The Morgan fingerprint density at radius 2 is 1.96 bits per heavy atom. The number of aryl methyl sites for hydroxylation is 1. The number of hydrogen-bond acceptors (Lipinski definition) is 4. The van der Waals surface area contributed by atoms with Crippen molar-refractivity contribution in [1.82, 2.24) is 4.98 Å². The van der Waals surface area contributed by atoms with Crippen LogP contribution in [0.1, 0.15) is 21.7 Å². The zero-order valence-corrected chi connectivity index (χ0v) is 15.9. The van der Waals surface area contributed by atoms with Crippen molar-refractivity contribution < 1.29 is 13.9 Å². The number of thiazole rings is 1. The number of aromatic nitrogens is 1. The highest BCUT2D eigenvalue weighted by atomic mass is 32.1. The van der Waals surface area contributed by atoms with Crippen LogP contribution in [-0.2, 0) is 11.2 Å². The maximum Gasteiger partial charge on any atom is 0.257 e. The number of carbonyl (C=O) groups is 1. The van der Waals surface area contributed by atoms with E-state index in [2.05, 4.69) is 10.3 Å². The molecule has 140 valence electrons. The van der Waals surface area contributed by atoms with Crippen LogP contribution in [0.4, 0.5) is 9.52 Å². The lowest BCUT2D eigenvalue weighted by Crippen LogP contribution is -2.12. The Bertz CT molecular complexity index is 1080. The predicted octanol–water partition coefficient (Wildman–Crippen LogP) is 5.11. The molecule has 0 unspecified atom stereocenters. The van der Waals surface area contributed by atoms with Gasteiger partial charge in [0, 0.05) is 22.4 Å². The third-order valence-electron chi connectivity index (χ3n) is 4.33. The average molecular weight is 392 g/mol. The quantitative estimate of drug-likeness (QED) is 0.671. The topological polar surface area (TPSA) is 51.2 Å². The van der Waals surface area contributed by atoms with Crippen LogP contribution in [0.15, 0.2) is 66.4 Å². The smallest absolute Gasteiger partial charge is 0.257 e. The normalized spacial score (nSPS) is 12.6. The highest BCUT2D eigenvalue weighted by molar-refractivity contribution is 7.15. The number of benzene rings is 2. The van der Waals surface area contributed by atoms with Gasteiger partial charge in [-0.2, -0.15) is 0 Å². The minimum Gasteiger partial charge on any atom is -0.464 e. The summed E-state index contributed by atoms with van der Waals surface area (Å²) in [5.74, 6) is 0.194. The van der Waals surface area contributed by atoms with Crippen molar-refractivity contribution in [3.63, 3.8) is 0 Å². The number of nitrogens with one attached hydrogen (secondary N) is 1. The molecule has 6 heteroatoms. The van der Waals surface area contributed by atoms with Gasteiger partial charge in [0.25, 0.3) is 5.91 Å². The maximum atomic E-state index is 13.1. The van der Waals surface area contributed by atoms with E-state index >= 15 is 0 Å². The van der Waals surface area contributed by atoms with Gasteiger partial charge in [-0.1, -0.05) is 30.3 Å². The Labute approximate surface area is 166 Å². The number of anilines is 1. The molecule has 0 radical (unpaired) electrons. The van der Waals surface area contributed by atoms with E-state index in [-0.39, 0.29) is 11.7 Å². The zero-order chi connectivity index (χ0) is 19.5. The van der Waals surface area contributed by atoms with Crippen molar-refractivity contribution in [2.24, 2.45) is 0 Å². The van der Waals surface area contributed by atoms with Crippen LogP contribution in [0.5, 0.6) is 5.75 Å². The van der Waals surface area contributed by atoms with Gasteiger partial charge in [-0.05, 0) is 42.8 Å². The largest absolute Gasteiger partial charge is 0.464 e. The molecule has 0 saturated heterocycles. The molecule has 1 N–H and O–H groups in total. The molecule has 0 saturated carbocycles. The van der Waals surface area contributed by atoms with Gasteiger partial charge in [-0.15, -0.1) is 11.3 Å². The first-order valence-electron chi connectivity index (χ1n) is 8.74. The van der Waals surface area contributed by atoms with E-state index < -0.39 is 0 Å². The first-order valence-corrected chi connectivity index (χ1v) is 9.56. The number of para-hydroxylation sites is 1. The van der Waals surface area contributed by atoms with Crippen LogP contribution in [0.25, 0.3) is 6.08 Å². The van der Waals surface area contributed by atoms with Gasteiger partial charge < -0.3 is 4.74 Å². The van der Waals surface area contributed by atoms with E-state index in [1.807, 2.05) is 31.2 Å². The maximum absolute atomic E-state index is 13.1. The number of amides is 1. The lowest BCUT2D eigenvalue weighted by Gasteiger charge is -2.03. The summed E-state index contributed by atoms with van der Waals surface area (Å²) in [7, 11) is 0. The van der Waals surface area contributed by atoms with E-state index in [0.29, 0.717) is 22.9 Å². The fourth-order valence-corrected chi connectivity index (χ4v) is 3.84. The number of ether oxygens (including phenoxy) is 1. The lowest BCUT2D eigenvalue weighted by molar-refractivity contribution is -0.112. The third-order valence-corrected chi connectivity index (χ3v) is 5.40. The third kappa shape index (κ3) is 4.02. The minimum atomic E-state index is -0.256. The van der Waals surface area contributed by atoms with Crippen LogP contribution in [0, 0.1) is 12.7 Å². The highest BCUT2D eigenvalue weighted by Gasteiger charge is 2.15. The number of fused-ring (bicyclic) bond motifs is 1. The molecule has 28 heavy (non-hydrogen) atoms. The predicted molar refractivity (Wildman–Crippen MR) is 109 cm³/mol. The monoisotopic (exact) mass is 392 g/mol. The molecule has 4 rings (SSSR count). The molecule has 0 aliphatic carbocycles. The average Bonchev–Trinajstić information content (AvgIpc) is 2.90. The van der Waals surface area contributed by atoms with Gasteiger partial charge in [-0.3, -0.25) is 10.1 Å². The van der Waals surface area contributed by atoms with Gasteiger partial charge in [0.2, 0.25) is 0 Å². The van der Waals surface area contributed by atoms with E-state index in [4.69, 9.17) is 4.74 Å². The Balaban J connectivity index is 1.51. The minimum absolute atomic E-state index is 0.251. The highest BCUT2D eigenvalue weighted by Crippen LogP contribution is 2.27. The summed E-state index contributed by atoms with van der Waals surface area (Å²) in [5, 5.41) is 3.39. The van der Waals surface area contributed by atoms with Crippen LogP contribution in [0.3, 0.4) is 0 Å². The van der Waals surface area contributed by atoms with Gasteiger partial charge in [-0.25, -0.2) is 9.37 Å². The molecule has 1 aliphatic rings. The molecule has 1 aliphatic heterocycles. The molecule has 1 aromatic heterocycles. The Kier molecular flexibility index (Phi) is 5.04. The Morgan fingerprint density at radius 1 is 1.18 bits per heavy atom. The van der Waals surface area contributed by atoms with Crippen molar-refractivity contribution in [3.05, 3.63) is 94.0 Å². The number of halogens is 1. The van der Waals surface area contributed by atoms with E-state index in [1.54, 1.807) is 24.3 Å². The molecule has 0 atom stereocenters. The Morgan fingerprint density at radius 3 is 2.79 bits per heavy atom. The summed E-state index contributed by atoms with van der Waals surface area (Å²) in [5.41, 5.74) is 3.17. The van der Waals surface area contributed by atoms with Crippen molar-refractivity contribution in [1.29, 1.82) is 0 Å². The summed E-state index contributed by atoms with van der Waals surface area (Å²) in [6.45, 7) is 1.90. The van der Waals surface area contributed by atoms with E-state index in [0.717, 1.165) is 21.7 Å². The summed E-state index contributed by atoms with van der Waals surface area (Å²) in [6.07, 6.45) is 5.57. The molecular weight excluding hydrogens is 375 g/mol. The molecule has 0 bridgehead atoms. The van der Waals surface area contributed by atoms with Crippen molar-refractivity contribution in [2.75, 3.05) is 5.32 Å². The number of nitrogens with zero attached hydrogens (tertiary/aromatic N) is 1. The van der Waals surface area contributed by atoms with Crippen molar-refractivity contribution in [3.8, 4) is 5.75 Å². The second-order valence-electron chi connectivity index (χ2n) is 6.34. The number of hydrogen-bond donors (Lipinski definition) is 1. The molecule has 3 aromatic rings. The van der Waals surface area contributed by atoms with Crippen LogP contribution < -0.4 is 10.1 Å². The van der Waals surface area contributed by atoms with Crippen LogP contribution >= 0.6 is 11.3 Å². The van der Waals surface area contributed by atoms with Gasteiger partial charge in [0.15, 0.2) is 5.13 Å². The van der Waals surface area contributed by atoms with Crippen molar-refractivity contribution >= 4 is 28.5 Å². The van der Waals surface area contributed by atoms with Gasteiger partial charge in [0.05, 0.1) is 12.0 Å². The van der Waals surface area contributed by atoms with Gasteiger partial charge in [0.1, 0.15) is 11.6 Å². The van der Waals surface area contributed by atoms with Crippen molar-refractivity contribution in [2.45, 2.75) is 13.3 Å². The molecule has 1 amide bonds. The summed E-state index contributed by atoms with van der Waals surface area (Å²) >= 11 is 1.42. The molecule has 4 nitrogen and oxygen atoms in total. The molecule has 2 heterocycles. The number of carbonyl (C=O) groups excluding carboxylic acids is 1. The zero-order valence-electron chi connectivity index (χ0n) is 15.1. The second-order valence-corrected chi connectivity index (χ2v) is 7.43. The molecule has 2 aromatic carbocycles. The summed E-state index contributed by atoms with van der Waals surface area (Å²) in [4.78, 5) is 18.2. The van der Waals surface area contributed by atoms with Crippen LogP contribution in [-0.4, -0.2) is 10.9 Å². The summed E-state index contributed by atoms with van der Waals surface area (Å²) < 4.78 is 18.6. The number of rotatable bonds is 4. The first kappa shape index (κ1) is 18.1. The summed E-state index contributed by atoms with van der Waals surface area (Å²) in [6, 6.07) is 13.9. The second kappa shape index (κ2) is 7.78. The Hall–Kier alpha value is -3.25. The fourth-order valence-electron chi connectivity index (χ4n) is 2.85. The molecule has 0 fully saturated rings. The lowest BCUT2D eigenvalue weighted by atomic mass is 10.1. The van der Waals surface area contributed by atoms with Crippen LogP contribution in [0.2, 0.25) is 0 Å².